The molecular formula is C19H16N2. The molecule has 0 N–H and O–H groups in total. The Morgan fingerprint density at radius 3 is 2.76 bits per heavy atom. The molecule has 0 amide bonds. The fourth-order valence-electron chi connectivity index (χ4n) is 3.89. The van der Waals surface area contributed by atoms with E-state index in [1.165, 1.54) is 44.9 Å². The molecule has 1 aliphatic rings. The van der Waals surface area contributed by atoms with Crippen LogP contribution < -0.4 is 0 Å². The number of benzene rings is 2. The highest BCUT2D eigenvalue weighted by Crippen LogP contribution is 2.35. The predicted molar refractivity (Wildman–Crippen MR) is 87.0 cm³/mol. The van der Waals surface area contributed by atoms with E-state index in [4.69, 9.17) is 4.98 Å². The highest BCUT2D eigenvalue weighted by Gasteiger charge is 2.18. The van der Waals surface area contributed by atoms with Gasteiger partial charge in [-0.3, -0.25) is 4.40 Å². The normalized spacial score (nSPS) is 14.3. The predicted octanol–water partition coefficient (Wildman–Crippen LogP) is 4.44. The Morgan fingerprint density at radius 2 is 1.86 bits per heavy atom. The maximum absolute atomic E-state index is 4.74. The molecule has 102 valence electrons. The van der Waals surface area contributed by atoms with E-state index in [9.17, 15) is 0 Å². The lowest BCUT2D eigenvalue weighted by atomic mass is 9.97. The summed E-state index contributed by atoms with van der Waals surface area (Å²) in [7, 11) is 0. The summed E-state index contributed by atoms with van der Waals surface area (Å²) in [6.45, 7) is 2.22. The van der Waals surface area contributed by atoms with Crippen molar-refractivity contribution in [3.05, 3.63) is 59.4 Å². The lowest BCUT2D eigenvalue weighted by Gasteiger charge is -2.13. The Hall–Kier alpha value is -2.35. The van der Waals surface area contributed by atoms with E-state index in [1.54, 1.807) is 0 Å². The van der Waals surface area contributed by atoms with Gasteiger partial charge in [-0.05, 0) is 42.7 Å². The van der Waals surface area contributed by atoms with Crippen molar-refractivity contribution in [1.29, 1.82) is 0 Å². The van der Waals surface area contributed by atoms with Crippen molar-refractivity contribution in [2.24, 2.45) is 0 Å². The number of hydrogen-bond donors (Lipinski definition) is 0. The second-order valence-electron chi connectivity index (χ2n) is 6.07. The second-order valence-corrected chi connectivity index (χ2v) is 6.07. The summed E-state index contributed by atoms with van der Waals surface area (Å²) in [6.07, 6.45) is 5.55. The van der Waals surface area contributed by atoms with E-state index < -0.39 is 0 Å². The van der Waals surface area contributed by atoms with E-state index in [1.807, 2.05) is 0 Å². The standard InChI is InChI=1S/C19H16N2/c1-12-9-10-13-5-4-6-14-11-20-19-16-8-3-2-7-15(16)17(12)18(13)21(14)19/h2-3,7-11H,4-6H2,1H3. The number of pyridine rings is 1. The molecule has 2 aromatic carbocycles. The first-order valence-corrected chi connectivity index (χ1v) is 7.64. The number of aromatic nitrogens is 2. The van der Waals surface area contributed by atoms with Gasteiger partial charge in [-0.1, -0.05) is 36.4 Å². The lowest BCUT2D eigenvalue weighted by molar-refractivity contribution is 0.819. The SMILES string of the molecule is Cc1ccc2c3c1c1ccccc1c1ncc(n13)CCC2. The van der Waals surface area contributed by atoms with Crippen LogP contribution in [0.25, 0.3) is 27.3 Å². The van der Waals surface area contributed by atoms with Crippen LogP contribution in [0.2, 0.25) is 0 Å². The number of imidazole rings is 1. The zero-order valence-electron chi connectivity index (χ0n) is 12.1. The van der Waals surface area contributed by atoms with E-state index in [-0.39, 0.29) is 0 Å². The molecule has 0 unspecified atom stereocenters. The third-order valence-corrected chi connectivity index (χ3v) is 4.84. The first kappa shape index (κ1) is 11.3. The van der Waals surface area contributed by atoms with Gasteiger partial charge in [0.15, 0.2) is 0 Å². The molecule has 0 spiro atoms. The van der Waals surface area contributed by atoms with Crippen LogP contribution >= 0.6 is 0 Å². The van der Waals surface area contributed by atoms with Gasteiger partial charge >= 0.3 is 0 Å². The van der Waals surface area contributed by atoms with E-state index >= 15 is 0 Å². The van der Waals surface area contributed by atoms with Crippen molar-refractivity contribution >= 4 is 27.3 Å². The van der Waals surface area contributed by atoms with Crippen molar-refractivity contribution in [2.75, 3.05) is 0 Å². The molecule has 5 rings (SSSR count). The number of rotatable bonds is 0. The summed E-state index contributed by atoms with van der Waals surface area (Å²) in [5.41, 5.74) is 6.66. The largest absolute Gasteiger partial charge is 0.296 e. The minimum Gasteiger partial charge on any atom is -0.296 e. The molecule has 0 saturated carbocycles. The van der Waals surface area contributed by atoms with Crippen LogP contribution in [0, 0.1) is 6.92 Å². The Kier molecular flexibility index (Phi) is 2.08. The van der Waals surface area contributed by atoms with Crippen LogP contribution in [0.4, 0.5) is 0 Å². The van der Waals surface area contributed by atoms with Crippen LogP contribution in [0.1, 0.15) is 23.2 Å². The van der Waals surface area contributed by atoms with E-state index in [2.05, 4.69) is 53.9 Å². The van der Waals surface area contributed by atoms with Gasteiger partial charge in [0.05, 0.1) is 5.52 Å². The number of hydrogen-bond acceptors (Lipinski definition) is 1. The summed E-state index contributed by atoms with van der Waals surface area (Å²) in [5.74, 6) is 0. The summed E-state index contributed by atoms with van der Waals surface area (Å²) in [5, 5.41) is 3.99. The van der Waals surface area contributed by atoms with Gasteiger partial charge in [-0.2, -0.15) is 0 Å². The Morgan fingerprint density at radius 1 is 1.00 bits per heavy atom. The Bertz CT molecular complexity index is 1020. The molecule has 3 heterocycles. The van der Waals surface area contributed by atoms with Crippen LogP contribution in [0.15, 0.2) is 42.6 Å². The van der Waals surface area contributed by atoms with Crippen molar-refractivity contribution in [2.45, 2.75) is 26.2 Å². The average Bonchev–Trinajstić information content (AvgIpc) is 2.85. The Balaban J connectivity index is 2.24. The molecule has 0 radical (unpaired) electrons. The number of fused-ring (bicyclic) bond motifs is 3. The molecule has 1 aliphatic heterocycles. The quantitative estimate of drug-likeness (QED) is 0.433. The van der Waals surface area contributed by atoms with Crippen LogP contribution in [0.5, 0.6) is 0 Å². The highest BCUT2D eigenvalue weighted by molar-refractivity contribution is 6.13. The van der Waals surface area contributed by atoms with Crippen molar-refractivity contribution in [3.8, 4) is 0 Å². The molecule has 2 aromatic heterocycles. The first-order chi connectivity index (χ1) is 10.3. The van der Waals surface area contributed by atoms with Gasteiger partial charge in [0, 0.05) is 22.7 Å². The molecule has 4 aromatic rings. The van der Waals surface area contributed by atoms with Crippen molar-refractivity contribution in [3.63, 3.8) is 0 Å². The van der Waals surface area contributed by atoms with Crippen molar-refractivity contribution < 1.29 is 0 Å². The molecular weight excluding hydrogens is 256 g/mol. The number of aryl methyl sites for hydroxylation is 3. The summed E-state index contributed by atoms with van der Waals surface area (Å²) < 4.78 is 2.41. The van der Waals surface area contributed by atoms with Crippen LogP contribution in [0.3, 0.4) is 0 Å². The minimum absolute atomic E-state index is 1.11. The van der Waals surface area contributed by atoms with Gasteiger partial charge in [0.1, 0.15) is 5.65 Å². The molecule has 2 nitrogen and oxygen atoms in total. The zero-order valence-corrected chi connectivity index (χ0v) is 12.1. The maximum Gasteiger partial charge on any atom is 0.145 e. The monoisotopic (exact) mass is 272 g/mol. The second kappa shape index (κ2) is 3.85. The molecule has 0 bridgehead atoms. The van der Waals surface area contributed by atoms with Crippen molar-refractivity contribution in [1.82, 2.24) is 9.38 Å². The van der Waals surface area contributed by atoms with Gasteiger partial charge in [-0.15, -0.1) is 0 Å². The van der Waals surface area contributed by atoms with E-state index in [0.717, 1.165) is 18.5 Å². The zero-order chi connectivity index (χ0) is 14.0. The molecule has 21 heavy (non-hydrogen) atoms. The fourth-order valence-corrected chi connectivity index (χ4v) is 3.89. The molecule has 0 saturated heterocycles. The Labute approximate surface area is 123 Å². The fraction of sp³-hybridized carbons (Fsp3) is 0.211. The van der Waals surface area contributed by atoms with Crippen LogP contribution in [-0.4, -0.2) is 9.38 Å². The third-order valence-electron chi connectivity index (χ3n) is 4.84. The van der Waals surface area contributed by atoms with Gasteiger partial charge in [0.25, 0.3) is 0 Å². The molecule has 0 atom stereocenters. The molecule has 0 fully saturated rings. The third kappa shape index (κ3) is 1.35. The lowest BCUT2D eigenvalue weighted by Crippen LogP contribution is -1.97. The molecule has 0 aliphatic carbocycles. The first-order valence-electron chi connectivity index (χ1n) is 7.64. The minimum atomic E-state index is 1.11. The maximum atomic E-state index is 4.74. The molecule has 2 heteroatoms. The topological polar surface area (TPSA) is 17.3 Å². The van der Waals surface area contributed by atoms with Gasteiger partial charge in [-0.25, -0.2) is 4.98 Å². The summed E-state index contributed by atoms with van der Waals surface area (Å²) in [6, 6.07) is 13.3. The smallest absolute Gasteiger partial charge is 0.145 e. The summed E-state index contributed by atoms with van der Waals surface area (Å²) >= 11 is 0. The number of nitrogens with zero attached hydrogens (tertiary/aromatic N) is 2. The van der Waals surface area contributed by atoms with Gasteiger partial charge < -0.3 is 0 Å². The highest BCUT2D eigenvalue weighted by atomic mass is 15.0. The summed E-state index contributed by atoms with van der Waals surface area (Å²) in [4.78, 5) is 4.74. The van der Waals surface area contributed by atoms with Gasteiger partial charge in [0.2, 0.25) is 0 Å². The van der Waals surface area contributed by atoms with E-state index in [0.29, 0.717) is 0 Å². The average molecular weight is 272 g/mol. The van der Waals surface area contributed by atoms with Crippen LogP contribution in [-0.2, 0) is 12.8 Å².